The first-order valence-corrected chi connectivity index (χ1v) is 17.2. The zero-order valence-corrected chi connectivity index (χ0v) is 26.3. The number of thiophene rings is 1. The van der Waals surface area contributed by atoms with Gasteiger partial charge >= 0.3 is 5.97 Å². The van der Waals surface area contributed by atoms with Gasteiger partial charge in [0.25, 0.3) is 0 Å². The highest BCUT2D eigenvalue weighted by Crippen LogP contribution is 2.30. The maximum atomic E-state index is 12.8. The lowest BCUT2D eigenvalue weighted by Crippen LogP contribution is -2.16. The molecule has 1 atom stereocenters. The van der Waals surface area contributed by atoms with Gasteiger partial charge in [-0.3, -0.25) is 0 Å². The number of benzene rings is 1. The molecule has 0 spiro atoms. The van der Waals surface area contributed by atoms with Crippen LogP contribution in [0.25, 0.3) is 11.4 Å². The standard InChI is InChI=1S/C36H50N2O2S/c1-3-5-7-8-9-10-11-12-13-15-17-32-23-25-34(41-32)36(39)40-31-21-19-29(20-22-31)35-37-27-30-26-28(16-14-6-4-2)18-24-33(30)38-35/h19-23,25,27-28H,3-18,24,26H2,1-2H3. The summed E-state index contributed by atoms with van der Waals surface area (Å²) in [6.07, 6.45) is 25.1. The fraction of sp³-hybridized carbons (Fsp3) is 0.583. The molecule has 0 saturated heterocycles. The van der Waals surface area contributed by atoms with Crippen molar-refractivity contribution in [2.24, 2.45) is 5.92 Å². The number of carbonyl (C=O) groups excluding carboxylic acids is 1. The predicted molar refractivity (Wildman–Crippen MR) is 172 cm³/mol. The first-order chi connectivity index (χ1) is 20.2. The third-order valence-electron chi connectivity index (χ3n) is 8.43. The topological polar surface area (TPSA) is 52.1 Å². The molecule has 222 valence electrons. The lowest BCUT2D eigenvalue weighted by atomic mass is 9.84. The Kier molecular flexibility index (Phi) is 13.4. The second-order valence-corrected chi connectivity index (χ2v) is 13.1. The Morgan fingerprint density at radius 1 is 0.854 bits per heavy atom. The van der Waals surface area contributed by atoms with Crippen LogP contribution in [-0.4, -0.2) is 15.9 Å². The van der Waals surface area contributed by atoms with E-state index in [2.05, 4.69) is 24.9 Å². The fourth-order valence-corrected chi connectivity index (χ4v) is 6.82. The first kappa shape index (κ1) is 31.4. The summed E-state index contributed by atoms with van der Waals surface area (Å²) in [6.45, 7) is 4.54. The Hall–Kier alpha value is -2.53. The molecule has 0 saturated carbocycles. The molecule has 0 bridgehead atoms. The molecule has 0 N–H and O–H groups in total. The number of carbonyl (C=O) groups is 1. The quantitative estimate of drug-likeness (QED) is 0.0861. The Morgan fingerprint density at radius 2 is 1.54 bits per heavy atom. The summed E-state index contributed by atoms with van der Waals surface area (Å²) < 4.78 is 5.68. The number of nitrogens with zero attached hydrogens (tertiary/aromatic N) is 2. The molecular weight excluding hydrogens is 524 g/mol. The van der Waals surface area contributed by atoms with Gasteiger partial charge in [-0.1, -0.05) is 97.3 Å². The summed E-state index contributed by atoms with van der Waals surface area (Å²) >= 11 is 1.56. The number of hydrogen-bond acceptors (Lipinski definition) is 5. The molecule has 4 rings (SSSR count). The molecule has 1 aliphatic carbocycles. The minimum absolute atomic E-state index is 0.282. The van der Waals surface area contributed by atoms with Crippen LogP contribution in [-0.2, 0) is 19.3 Å². The second kappa shape index (κ2) is 17.4. The van der Waals surface area contributed by atoms with E-state index in [4.69, 9.17) is 9.72 Å². The summed E-state index contributed by atoms with van der Waals surface area (Å²) in [5, 5.41) is 0. The third kappa shape index (κ3) is 10.4. The van der Waals surface area contributed by atoms with Crippen molar-refractivity contribution in [2.45, 2.75) is 129 Å². The van der Waals surface area contributed by atoms with E-state index in [-0.39, 0.29) is 5.97 Å². The summed E-state index contributed by atoms with van der Waals surface area (Å²) in [4.78, 5) is 24.3. The molecule has 0 fully saturated rings. The molecule has 1 aliphatic rings. The number of hydrogen-bond donors (Lipinski definition) is 0. The maximum absolute atomic E-state index is 12.8. The predicted octanol–water partition coefficient (Wildman–Crippen LogP) is 10.6. The van der Waals surface area contributed by atoms with Gasteiger partial charge in [-0.25, -0.2) is 14.8 Å². The molecule has 2 heterocycles. The van der Waals surface area contributed by atoms with Crippen molar-refractivity contribution in [3.8, 4) is 17.1 Å². The van der Waals surface area contributed by atoms with Gasteiger partial charge in [0.15, 0.2) is 5.82 Å². The number of esters is 1. The largest absolute Gasteiger partial charge is 0.422 e. The lowest BCUT2D eigenvalue weighted by molar-refractivity contribution is 0.0740. The van der Waals surface area contributed by atoms with Crippen LogP contribution in [0.15, 0.2) is 42.6 Å². The molecule has 1 aromatic carbocycles. The highest BCUT2D eigenvalue weighted by Gasteiger charge is 2.20. The third-order valence-corrected chi connectivity index (χ3v) is 9.56. The number of aryl methyl sites for hydroxylation is 2. The van der Waals surface area contributed by atoms with Gasteiger partial charge in [0, 0.05) is 22.3 Å². The zero-order valence-electron chi connectivity index (χ0n) is 25.5. The van der Waals surface area contributed by atoms with Crippen LogP contribution in [0.2, 0.25) is 0 Å². The monoisotopic (exact) mass is 574 g/mol. The van der Waals surface area contributed by atoms with E-state index in [1.807, 2.05) is 36.5 Å². The zero-order chi connectivity index (χ0) is 28.7. The molecule has 0 radical (unpaired) electrons. The molecule has 41 heavy (non-hydrogen) atoms. The normalized spacial score (nSPS) is 14.6. The van der Waals surface area contributed by atoms with Crippen molar-refractivity contribution < 1.29 is 9.53 Å². The van der Waals surface area contributed by atoms with Crippen LogP contribution in [0.4, 0.5) is 0 Å². The Labute approximate surface area is 252 Å². The molecular formula is C36H50N2O2S. The Balaban J connectivity index is 1.18. The van der Waals surface area contributed by atoms with Crippen LogP contribution in [0.5, 0.6) is 5.75 Å². The Bertz CT molecular complexity index is 1190. The van der Waals surface area contributed by atoms with Gasteiger partial charge < -0.3 is 4.74 Å². The molecule has 4 nitrogen and oxygen atoms in total. The lowest BCUT2D eigenvalue weighted by Gasteiger charge is -2.23. The first-order valence-electron chi connectivity index (χ1n) is 16.4. The van der Waals surface area contributed by atoms with Gasteiger partial charge in [-0.05, 0) is 80.0 Å². The average Bonchev–Trinajstić information content (AvgIpc) is 3.48. The van der Waals surface area contributed by atoms with E-state index in [0.717, 1.165) is 36.6 Å². The minimum atomic E-state index is -0.282. The van der Waals surface area contributed by atoms with Crippen LogP contribution in [0.1, 0.15) is 136 Å². The van der Waals surface area contributed by atoms with E-state index < -0.39 is 0 Å². The molecule has 2 aromatic heterocycles. The van der Waals surface area contributed by atoms with Gasteiger partial charge in [0.1, 0.15) is 10.6 Å². The van der Waals surface area contributed by atoms with E-state index in [0.29, 0.717) is 10.6 Å². The van der Waals surface area contributed by atoms with E-state index in [9.17, 15) is 4.79 Å². The number of aromatic nitrogens is 2. The van der Waals surface area contributed by atoms with E-state index in [1.54, 1.807) is 11.3 Å². The highest BCUT2D eigenvalue weighted by molar-refractivity contribution is 7.13. The summed E-state index contributed by atoms with van der Waals surface area (Å²) in [7, 11) is 0. The molecule has 0 aliphatic heterocycles. The Morgan fingerprint density at radius 3 is 2.27 bits per heavy atom. The fourth-order valence-electron chi connectivity index (χ4n) is 5.89. The van der Waals surface area contributed by atoms with Crippen molar-refractivity contribution in [1.82, 2.24) is 9.97 Å². The number of fused-ring (bicyclic) bond motifs is 1. The summed E-state index contributed by atoms with van der Waals surface area (Å²) in [5.74, 6) is 1.80. The SMILES string of the molecule is CCCCCCCCCCCCc1ccc(C(=O)Oc2ccc(-c3ncc4c(n3)CCC(CCCCC)C4)cc2)s1. The van der Waals surface area contributed by atoms with Crippen LogP contribution >= 0.6 is 11.3 Å². The van der Waals surface area contributed by atoms with Crippen molar-refractivity contribution in [3.63, 3.8) is 0 Å². The van der Waals surface area contributed by atoms with Crippen molar-refractivity contribution in [1.29, 1.82) is 0 Å². The second-order valence-electron chi connectivity index (χ2n) is 11.9. The van der Waals surface area contributed by atoms with Gasteiger partial charge in [0.05, 0.1) is 0 Å². The molecule has 1 unspecified atom stereocenters. The smallest absolute Gasteiger partial charge is 0.353 e. The summed E-state index contributed by atoms with van der Waals surface area (Å²) in [5.41, 5.74) is 3.46. The van der Waals surface area contributed by atoms with Crippen molar-refractivity contribution >= 4 is 17.3 Å². The van der Waals surface area contributed by atoms with E-state index in [1.165, 1.54) is 112 Å². The van der Waals surface area contributed by atoms with Gasteiger partial charge in [-0.2, -0.15) is 0 Å². The number of rotatable bonds is 18. The van der Waals surface area contributed by atoms with Crippen molar-refractivity contribution in [2.75, 3.05) is 0 Å². The van der Waals surface area contributed by atoms with Crippen molar-refractivity contribution in [3.05, 3.63) is 63.6 Å². The van der Waals surface area contributed by atoms with Crippen LogP contribution in [0, 0.1) is 5.92 Å². The molecule has 3 aromatic rings. The summed E-state index contributed by atoms with van der Waals surface area (Å²) in [6, 6.07) is 11.6. The van der Waals surface area contributed by atoms with Gasteiger partial charge in [0.2, 0.25) is 0 Å². The average molecular weight is 575 g/mol. The maximum Gasteiger partial charge on any atom is 0.353 e. The molecule has 5 heteroatoms. The van der Waals surface area contributed by atoms with E-state index >= 15 is 0 Å². The van der Waals surface area contributed by atoms with Crippen LogP contribution in [0.3, 0.4) is 0 Å². The minimum Gasteiger partial charge on any atom is -0.422 e. The number of ether oxygens (including phenoxy) is 1. The molecule has 0 amide bonds. The van der Waals surface area contributed by atoms with Crippen LogP contribution < -0.4 is 4.74 Å². The van der Waals surface area contributed by atoms with Gasteiger partial charge in [-0.15, -0.1) is 11.3 Å². The number of unbranched alkanes of at least 4 members (excludes halogenated alkanes) is 11. The highest BCUT2D eigenvalue weighted by atomic mass is 32.1.